The van der Waals surface area contributed by atoms with Gasteiger partial charge in [-0.3, -0.25) is 4.57 Å². The SMILES string of the molecule is N#Cc1nccn1-c1nc(Cl)ccc1N. The van der Waals surface area contributed by atoms with Crippen molar-refractivity contribution < 1.29 is 0 Å². The molecule has 0 fully saturated rings. The van der Waals surface area contributed by atoms with Crippen LogP contribution in [0.25, 0.3) is 5.82 Å². The molecule has 2 aromatic rings. The van der Waals surface area contributed by atoms with Crippen molar-refractivity contribution in [3.05, 3.63) is 35.5 Å². The van der Waals surface area contributed by atoms with E-state index in [1.165, 1.54) is 10.8 Å². The number of anilines is 1. The van der Waals surface area contributed by atoms with Gasteiger partial charge in [0.25, 0.3) is 0 Å². The van der Waals surface area contributed by atoms with Gasteiger partial charge in [0.1, 0.15) is 11.2 Å². The lowest BCUT2D eigenvalue weighted by molar-refractivity contribution is 0.971. The number of pyridine rings is 1. The average molecular weight is 220 g/mol. The molecule has 6 heteroatoms. The molecule has 5 nitrogen and oxygen atoms in total. The van der Waals surface area contributed by atoms with Crippen molar-refractivity contribution in [2.24, 2.45) is 0 Å². The van der Waals surface area contributed by atoms with E-state index in [2.05, 4.69) is 9.97 Å². The topological polar surface area (TPSA) is 80.5 Å². The van der Waals surface area contributed by atoms with Crippen molar-refractivity contribution in [2.45, 2.75) is 0 Å². The normalized spacial score (nSPS) is 9.87. The van der Waals surface area contributed by atoms with Crippen LogP contribution >= 0.6 is 11.6 Å². The molecule has 0 saturated heterocycles. The highest BCUT2D eigenvalue weighted by Crippen LogP contribution is 2.18. The van der Waals surface area contributed by atoms with E-state index in [1.807, 2.05) is 6.07 Å². The molecule has 2 rings (SSSR count). The van der Waals surface area contributed by atoms with E-state index < -0.39 is 0 Å². The van der Waals surface area contributed by atoms with Crippen molar-refractivity contribution >= 4 is 17.3 Å². The number of nitrogens with zero attached hydrogens (tertiary/aromatic N) is 4. The Labute approximate surface area is 90.7 Å². The van der Waals surface area contributed by atoms with Gasteiger partial charge in [0, 0.05) is 12.4 Å². The second-order valence-corrected chi connectivity index (χ2v) is 3.17. The van der Waals surface area contributed by atoms with Gasteiger partial charge in [0.05, 0.1) is 5.69 Å². The number of aromatic nitrogens is 3. The summed E-state index contributed by atoms with van der Waals surface area (Å²) in [6.45, 7) is 0. The monoisotopic (exact) mass is 219 g/mol. The molecule has 0 aromatic carbocycles. The molecule has 0 saturated carbocycles. The molecule has 2 aromatic heterocycles. The van der Waals surface area contributed by atoms with Crippen LogP contribution in [0.15, 0.2) is 24.5 Å². The largest absolute Gasteiger partial charge is 0.396 e. The molecular weight excluding hydrogens is 214 g/mol. The second kappa shape index (κ2) is 3.59. The maximum Gasteiger partial charge on any atom is 0.218 e. The quantitative estimate of drug-likeness (QED) is 0.735. The van der Waals surface area contributed by atoms with Crippen molar-refractivity contribution in [1.29, 1.82) is 5.26 Å². The van der Waals surface area contributed by atoms with Crippen LogP contribution in [-0.2, 0) is 0 Å². The van der Waals surface area contributed by atoms with E-state index in [0.717, 1.165) is 0 Å². The van der Waals surface area contributed by atoms with Crippen molar-refractivity contribution in [1.82, 2.24) is 14.5 Å². The molecule has 2 heterocycles. The molecule has 15 heavy (non-hydrogen) atoms. The van der Waals surface area contributed by atoms with Gasteiger partial charge in [-0.05, 0) is 12.1 Å². The number of hydrogen-bond acceptors (Lipinski definition) is 4. The maximum atomic E-state index is 8.79. The van der Waals surface area contributed by atoms with Gasteiger partial charge >= 0.3 is 0 Å². The number of nitrogen functional groups attached to an aromatic ring is 1. The number of nitrogens with two attached hydrogens (primary N) is 1. The molecule has 0 aliphatic rings. The third-order valence-corrected chi connectivity index (χ3v) is 2.05. The predicted molar refractivity (Wildman–Crippen MR) is 55.5 cm³/mol. The van der Waals surface area contributed by atoms with E-state index in [-0.39, 0.29) is 5.82 Å². The minimum absolute atomic E-state index is 0.219. The van der Waals surface area contributed by atoms with Crippen LogP contribution < -0.4 is 5.73 Å². The lowest BCUT2D eigenvalue weighted by atomic mass is 10.4. The highest BCUT2D eigenvalue weighted by atomic mass is 35.5. The van der Waals surface area contributed by atoms with Gasteiger partial charge in [-0.25, -0.2) is 9.97 Å². The Balaban J connectivity index is 2.64. The van der Waals surface area contributed by atoms with Crippen LogP contribution in [0.5, 0.6) is 0 Å². The summed E-state index contributed by atoms with van der Waals surface area (Å²) < 4.78 is 1.49. The molecule has 0 spiro atoms. The fourth-order valence-corrected chi connectivity index (χ4v) is 1.33. The fraction of sp³-hybridized carbons (Fsp3) is 0. The molecule has 0 atom stereocenters. The van der Waals surface area contributed by atoms with E-state index in [9.17, 15) is 0 Å². The smallest absolute Gasteiger partial charge is 0.218 e. The summed E-state index contributed by atoms with van der Waals surface area (Å²) in [5.74, 6) is 0.632. The summed E-state index contributed by atoms with van der Waals surface area (Å²) in [6.07, 6.45) is 3.11. The maximum absolute atomic E-state index is 8.79. The zero-order valence-corrected chi connectivity index (χ0v) is 8.31. The summed E-state index contributed by atoms with van der Waals surface area (Å²) in [4.78, 5) is 7.88. The molecule has 2 N–H and O–H groups in total. The zero-order valence-electron chi connectivity index (χ0n) is 7.55. The minimum atomic E-state index is 0.219. The van der Waals surface area contributed by atoms with Crippen LogP contribution in [0, 0.1) is 11.3 Å². The molecule has 0 aliphatic heterocycles. The van der Waals surface area contributed by atoms with Crippen LogP contribution in [0.2, 0.25) is 5.15 Å². The van der Waals surface area contributed by atoms with E-state index in [4.69, 9.17) is 22.6 Å². The third kappa shape index (κ3) is 1.63. The minimum Gasteiger partial charge on any atom is -0.396 e. The van der Waals surface area contributed by atoms with E-state index >= 15 is 0 Å². The molecular formula is C9H6ClN5. The Bertz CT molecular complexity index is 540. The van der Waals surface area contributed by atoms with E-state index in [1.54, 1.807) is 18.3 Å². The van der Waals surface area contributed by atoms with Crippen LogP contribution in [-0.4, -0.2) is 14.5 Å². The predicted octanol–water partition coefficient (Wildman–Crippen LogP) is 1.37. The van der Waals surface area contributed by atoms with Gasteiger partial charge in [0.15, 0.2) is 5.82 Å². The summed E-state index contributed by atoms with van der Waals surface area (Å²) >= 11 is 5.75. The van der Waals surface area contributed by atoms with Crippen molar-refractivity contribution in [2.75, 3.05) is 5.73 Å². The van der Waals surface area contributed by atoms with Gasteiger partial charge in [-0.15, -0.1) is 0 Å². The highest BCUT2D eigenvalue weighted by molar-refractivity contribution is 6.29. The molecule has 0 unspecified atom stereocenters. The first kappa shape index (κ1) is 9.49. The standard InChI is InChI=1S/C9H6ClN5/c10-7-2-1-6(12)9(14-7)15-4-3-13-8(15)5-11/h1-4H,12H2. The lowest BCUT2D eigenvalue weighted by Crippen LogP contribution is -2.04. The Hall–Kier alpha value is -2.06. The lowest BCUT2D eigenvalue weighted by Gasteiger charge is -2.05. The fourth-order valence-electron chi connectivity index (χ4n) is 1.19. The molecule has 0 radical (unpaired) electrons. The van der Waals surface area contributed by atoms with Gasteiger partial charge in [-0.2, -0.15) is 5.26 Å². The summed E-state index contributed by atoms with van der Waals surface area (Å²) in [6, 6.07) is 5.15. The van der Waals surface area contributed by atoms with Crippen molar-refractivity contribution in [3.8, 4) is 11.9 Å². The van der Waals surface area contributed by atoms with Gasteiger partial charge in [-0.1, -0.05) is 11.6 Å². The summed E-state index contributed by atoms with van der Waals surface area (Å²) in [5.41, 5.74) is 6.16. The van der Waals surface area contributed by atoms with Crippen LogP contribution in [0.4, 0.5) is 5.69 Å². The number of halogens is 1. The molecule has 0 amide bonds. The Morgan fingerprint density at radius 3 is 3.00 bits per heavy atom. The first-order valence-electron chi connectivity index (χ1n) is 4.08. The van der Waals surface area contributed by atoms with E-state index in [0.29, 0.717) is 16.7 Å². The summed E-state index contributed by atoms with van der Waals surface area (Å²) in [5, 5.41) is 9.11. The number of imidazole rings is 1. The number of rotatable bonds is 1. The van der Waals surface area contributed by atoms with Crippen LogP contribution in [0.3, 0.4) is 0 Å². The number of hydrogen-bond donors (Lipinski definition) is 1. The molecule has 0 aliphatic carbocycles. The van der Waals surface area contributed by atoms with Gasteiger partial charge in [0.2, 0.25) is 5.82 Å². The van der Waals surface area contributed by atoms with Crippen LogP contribution in [0.1, 0.15) is 5.82 Å². The average Bonchev–Trinajstić information content (AvgIpc) is 2.69. The molecule has 0 bridgehead atoms. The second-order valence-electron chi connectivity index (χ2n) is 2.78. The molecule has 74 valence electrons. The summed E-state index contributed by atoms with van der Waals surface area (Å²) in [7, 11) is 0. The zero-order chi connectivity index (χ0) is 10.8. The Morgan fingerprint density at radius 1 is 1.47 bits per heavy atom. The highest BCUT2D eigenvalue weighted by Gasteiger charge is 2.08. The first-order chi connectivity index (χ1) is 7.22. The van der Waals surface area contributed by atoms with Gasteiger partial charge < -0.3 is 5.73 Å². The first-order valence-corrected chi connectivity index (χ1v) is 4.46. The third-order valence-electron chi connectivity index (χ3n) is 1.84. The Kier molecular flexibility index (Phi) is 2.27. The number of nitriles is 1. The van der Waals surface area contributed by atoms with Crippen molar-refractivity contribution in [3.63, 3.8) is 0 Å². The Morgan fingerprint density at radius 2 is 2.27 bits per heavy atom.